The van der Waals surface area contributed by atoms with Crippen LogP contribution in [0.25, 0.3) is 0 Å². The van der Waals surface area contributed by atoms with Gasteiger partial charge in [0.25, 0.3) is 0 Å². The standard InChI is InChI=1S/C19H23N3/c1-13-10-15(3)19(16(4)11-13)22-12-18(21(5)20-22)17-9-7-6-8-14(17)2/h6-11,18,20H,1-5H3. The molecule has 2 aromatic carbocycles. The minimum absolute atomic E-state index is 0.112. The van der Waals surface area contributed by atoms with Gasteiger partial charge in [0, 0.05) is 7.05 Å². The van der Waals surface area contributed by atoms with E-state index in [2.05, 4.69) is 88.2 Å². The highest BCUT2D eigenvalue weighted by atomic mass is 15.8. The molecule has 1 aliphatic rings. The molecule has 1 saturated heterocycles. The normalized spacial score (nSPS) is 19.0. The summed E-state index contributed by atoms with van der Waals surface area (Å²) in [6.45, 7) is 12.2. The second-order valence-electron chi connectivity index (χ2n) is 6.18. The first-order valence-corrected chi connectivity index (χ1v) is 7.66. The second kappa shape index (κ2) is 5.75. The fourth-order valence-corrected chi connectivity index (χ4v) is 3.26. The summed E-state index contributed by atoms with van der Waals surface area (Å²) in [5.74, 6) is 0. The molecular weight excluding hydrogens is 270 g/mol. The van der Waals surface area contributed by atoms with Crippen LogP contribution in [0.1, 0.15) is 33.9 Å². The number of hydrogen-bond donors (Lipinski definition) is 1. The Morgan fingerprint density at radius 2 is 1.59 bits per heavy atom. The van der Waals surface area contributed by atoms with Crippen LogP contribution in [-0.2, 0) is 0 Å². The molecule has 1 N–H and O–H groups in total. The first-order chi connectivity index (χ1) is 10.5. The van der Waals surface area contributed by atoms with Gasteiger partial charge in [-0.25, -0.2) is 5.01 Å². The smallest absolute Gasteiger partial charge is 0.137 e. The van der Waals surface area contributed by atoms with Gasteiger partial charge in [0.05, 0.1) is 11.7 Å². The van der Waals surface area contributed by atoms with E-state index in [4.69, 9.17) is 0 Å². The second-order valence-corrected chi connectivity index (χ2v) is 6.18. The average Bonchev–Trinajstić information content (AvgIpc) is 2.79. The van der Waals surface area contributed by atoms with Crippen molar-refractivity contribution in [2.45, 2.75) is 33.7 Å². The van der Waals surface area contributed by atoms with E-state index in [-0.39, 0.29) is 6.04 Å². The summed E-state index contributed by atoms with van der Waals surface area (Å²) in [7, 11) is 2.06. The Labute approximate surface area is 133 Å². The third-order valence-corrected chi connectivity index (χ3v) is 4.24. The molecule has 0 aromatic heterocycles. The number of hydrazine groups is 2. The number of nitrogens with zero attached hydrogens (tertiary/aromatic N) is 2. The van der Waals surface area contributed by atoms with Crippen molar-refractivity contribution < 1.29 is 0 Å². The van der Waals surface area contributed by atoms with Gasteiger partial charge in [0.1, 0.15) is 6.54 Å². The zero-order valence-corrected chi connectivity index (χ0v) is 13.9. The van der Waals surface area contributed by atoms with Crippen LogP contribution in [0.2, 0.25) is 0 Å². The summed E-state index contributed by atoms with van der Waals surface area (Å²) < 4.78 is 0. The number of rotatable bonds is 2. The van der Waals surface area contributed by atoms with Gasteiger partial charge in [-0.2, -0.15) is 5.53 Å². The van der Waals surface area contributed by atoms with Crippen molar-refractivity contribution in [3.63, 3.8) is 0 Å². The molecule has 1 unspecified atom stereocenters. The van der Waals surface area contributed by atoms with E-state index in [0.29, 0.717) is 0 Å². The van der Waals surface area contributed by atoms with E-state index in [9.17, 15) is 0 Å². The summed E-state index contributed by atoms with van der Waals surface area (Å²) in [5.41, 5.74) is 11.0. The highest BCUT2D eigenvalue weighted by Crippen LogP contribution is 2.35. The van der Waals surface area contributed by atoms with E-state index in [1.54, 1.807) is 0 Å². The van der Waals surface area contributed by atoms with E-state index < -0.39 is 0 Å². The largest absolute Gasteiger partial charge is 0.281 e. The van der Waals surface area contributed by atoms with Gasteiger partial charge in [-0.1, -0.05) is 42.0 Å². The molecule has 3 heteroatoms. The zero-order valence-electron chi connectivity index (χ0n) is 13.9. The van der Waals surface area contributed by atoms with E-state index >= 15 is 0 Å². The molecule has 114 valence electrons. The van der Waals surface area contributed by atoms with Gasteiger partial charge in [0.2, 0.25) is 0 Å². The third-order valence-electron chi connectivity index (χ3n) is 4.24. The molecule has 1 aliphatic heterocycles. The summed E-state index contributed by atoms with van der Waals surface area (Å²) in [6.07, 6.45) is 0. The maximum absolute atomic E-state index is 3.56. The minimum atomic E-state index is 0.112. The Bertz CT molecular complexity index is 670. The number of benzene rings is 2. The molecule has 1 fully saturated rings. The lowest BCUT2D eigenvalue weighted by molar-refractivity contribution is 0.243. The minimum Gasteiger partial charge on any atom is -0.281 e. The Hall–Kier alpha value is -1.84. The number of anilines is 1. The predicted molar refractivity (Wildman–Crippen MR) is 91.2 cm³/mol. The molecule has 3 nitrogen and oxygen atoms in total. The number of aryl methyl sites for hydroxylation is 4. The van der Waals surface area contributed by atoms with Crippen molar-refractivity contribution in [2.24, 2.45) is 0 Å². The van der Waals surface area contributed by atoms with Crippen molar-refractivity contribution in [1.82, 2.24) is 10.5 Å². The maximum atomic E-state index is 3.56. The van der Waals surface area contributed by atoms with E-state index in [1.165, 1.54) is 33.5 Å². The van der Waals surface area contributed by atoms with Gasteiger partial charge in [-0.05, 0) is 49.9 Å². The van der Waals surface area contributed by atoms with Crippen LogP contribution in [-0.4, -0.2) is 12.1 Å². The van der Waals surface area contributed by atoms with Crippen LogP contribution in [0.3, 0.4) is 0 Å². The van der Waals surface area contributed by atoms with E-state index in [0.717, 1.165) is 0 Å². The predicted octanol–water partition coefficient (Wildman–Crippen LogP) is 3.87. The lowest BCUT2D eigenvalue weighted by atomic mass is 10.0. The van der Waals surface area contributed by atoms with Crippen LogP contribution in [0.4, 0.5) is 5.69 Å². The number of nitrogens with one attached hydrogen (secondary N) is 1. The van der Waals surface area contributed by atoms with Crippen LogP contribution in [0, 0.1) is 34.2 Å². The van der Waals surface area contributed by atoms with Crippen LogP contribution in [0.5, 0.6) is 0 Å². The molecule has 22 heavy (non-hydrogen) atoms. The third kappa shape index (κ3) is 2.62. The van der Waals surface area contributed by atoms with E-state index in [1.807, 2.05) is 5.01 Å². The Morgan fingerprint density at radius 1 is 0.955 bits per heavy atom. The molecule has 0 saturated carbocycles. The van der Waals surface area contributed by atoms with Gasteiger partial charge >= 0.3 is 0 Å². The molecular formula is C19H23N3. The Kier molecular flexibility index (Phi) is 3.94. The molecule has 3 rings (SSSR count). The topological polar surface area (TPSA) is 18.5 Å². The van der Waals surface area contributed by atoms with Crippen LogP contribution in [0.15, 0.2) is 36.4 Å². The highest BCUT2D eigenvalue weighted by molar-refractivity contribution is 5.61. The Morgan fingerprint density at radius 3 is 2.23 bits per heavy atom. The summed E-state index contributed by atoms with van der Waals surface area (Å²) in [4.78, 5) is 0. The van der Waals surface area contributed by atoms with Crippen LogP contribution < -0.4 is 10.5 Å². The van der Waals surface area contributed by atoms with Crippen LogP contribution >= 0.6 is 0 Å². The SMILES string of the molecule is Cc1cc(C)c(N2[C]C(c3ccccc3C)N(C)N2)c(C)c1. The number of likely N-dealkylation sites (N-methyl/N-ethyl adjacent to an activating group) is 1. The lowest BCUT2D eigenvalue weighted by Gasteiger charge is -2.22. The molecule has 0 spiro atoms. The average molecular weight is 293 g/mol. The van der Waals surface area contributed by atoms with Crippen molar-refractivity contribution in [3.05, 3.63) is 70.8 Å². The highest BCUT2D eigenvalue weighted by Gasteiger charge is 2.32. The van der Waals surface area contributed by atoms with Gasteiger partial charge < -0.3 is 0 Å². The molecule has 0 amide bonds. The molecule has 1 atom stereocenters. The molecule has 0 aliphatic carbocycles. The first kappa shape index (κ1) is 15.1. The van der Waals surface area contributed by atoms with Crippen molar-refractivity contribution in [3.8, 4) is 0 Å². The first-order valence-electron chi connectivity index (χ1n) is 7.66. The van der Waals surface area contributed by atoms with Gasteiger partial charge in [0.15, 0.2) is 0 Å². The quantitative estimate of drug-likeness (QED) is 0.906. The lowest BCUT2D eigenvalue weighted by Crippen LogP contribution is -2.37. The summed E-state index contributed by atoms with van der Waals surface area (Å²) in [5, 5.41) is 4.13. The molecule has 1 heterocycles. The summed E-state index contributed by atoms with van der Waals surface area (Å²) >= 11 is 0. The molecule has 2 radical (unpaired) electrons. The van der Waals surface area contributed by atoms with Crippen molar-refractivity contribution >= 4 is 5.69 Å². The van der Waals surface area contributed by atoms with Crippen molar-refractivity contribution in [2.75, 3.05) is 12.1 Å². The fraction of sp³-hybridized carbons (Fsp3) is 0.316. The maximum Gasteiger partial charge on any atom is 0.137 e. The zero-order chi connectivity index (χ0) is 15.9. The van der Waals surface area contributed by atoms with Gasteiger partial charge in [-0.15, -0.1) is 0 Å². The van der Waals surface area contributed by atoms with Crippen molar-refractivity contribution in [1.29, 1.82) is 0 Å². The Balaban J connectivity index is 1.93. The number of hydrogen-bond acceptors (Lipinski definition) is 3. The molecule has 0 bridgehead atoms. The molecule has 2 aromatic rings. The van der Waals surface area contributed by atoms with Gasteiger partial charge in [-0.3, -0.25) is 5.01 Å². The fourth-order valence-electron chi connectivity index (χ4n) is 3.26. The summed E-state index contributed by atoms with van der Waals surface area (Å²) in [6, 6.07) is 13.0. The monoisotopic (exact) mass is 293 g/mol.